The number of carbonyl (C=O) groups excluding carboxylic acids is 2. The molecule has 0 aromatic carbocycles. The normalized spacial score (nSPS) is 20.9. The van der Waals surface area contributed by atoms with Crippen LogP contribution in [0.15, 0.2) is 6.33 Å². The second-order valence-electron chi connectivity index (χ2n) is 4.64. The van der Waals surface area contributed by atoms with Gasteiger partial charge in [-0.1, -0.05) is 0 Å². The Kier molecular flexibility index (Phi) is 3.42. The lowest BCUT2D eigenvalue weighted by atomic mass is 10.2. The maximum absolute atomic E-state index is 11.9. The molecule has 7 heteroatoms. The summed E-state index contributed by atoms with van der Waals surface area (Å²) in [5, 5.41) is 6.94. The van der Waals surface area contributed by atoms with Crippen molar-refractivity contribution in [3.05, 3.63) is 12.2 Å². The second-order valence-corrected chi connectivity index (χ2v) is 4.64. The average Bonchev–Trinajstić information content (AvgIpc) is 2.78. The highest BCUT2D eigenvalue weighted by molar-refractivity contribution is 6.00. The third kappa shape index (κ3) is 2.26. The Morgan fingerprint density at radius 1 is 1.50 bits per heavy atom. The molecule has 2 rings (SSSR count). The lowest BCUT2D eigenvalue weighted by molar-refractivity contribution is -0.149. The van der Waals surface area contributed by atoms with Gasteiger partial charge >= 0.3 is 0 Å². The van der Waals surface area contributed by atoms with Crippen LogP contribution in [-0.4, -0.2) is 44.1 Å². The molecule has 7 nitrogen and oxygen atoms in total. The maximum atomic E-state index is 11.9. The quantitative estimate of drug-likeness (QED) is 0.746. The van der Waals surface area contributed by atoms with E-state index in [0.29, 0.717) is 5.82 Å². The number of nitrogens with zero attached hydrogens (tertiary/aromatic N) is 4. The standard InChI is InChI=1S/C11H17N5O2/c1-7(2)16-9(13-6-14-16)5-15-10(17)4-12-8(3)11(15)18/h6-8,12H,4-5H2,1-3H3. The smallest absolute Gasteiger partial charge is 0.246 e. The van der Waals surface area contributed by atoms with Gasteiger partial charge in [0, 0.05) is 6.04 Å². The van der Waals surface area contributed by atoms with E-state index in [1.54, 1.807) is 11.6 Å². The molecule has 1 N–H and O–H groups in total. The predicted molar refractivity (Wildman–Crippen MR) is 63.4 cm³/mol. The van der Waals surface area contributed by atoms with Crippen LogP contribution in [-0.2, 0) is 16.1 Å². The summed E-state index contributed by atoms with van der Waals surface area (Å²) in [5.74, 6) is 0.182. The fourth-order valence-corrected chi connectivity index (χ4v) is 1.91. The Morgan fingerprint density at radius 3 is 2.89 bits per heavy atom. The molecule has 1 saturated heterocycles. The molecule has 18 heavy (non-hydrogen) atoms. The minimum Gasteiger partial charge on any atom is -0.298 e. The van der Waals surface area contributed by atoms with Crippen molar-refractivity contribution in [3.63, 3.8) is 0 Å². The van der Waals surface area contributed by atoms with Crippen LogP contribution in [0.1, 0.15) is 32.6 Å². The molecule has 1 aromatic rings. The van der Waals surface area contributed by atoms with Crippen molar-refractivity contribution in [2.45, 2.75) is 39.4 Å². The van der Waals surface area contributed by atoms with Gasteiger partial charge in [-0.05, 0) is 20.8 Å². The second kappa shape index (κ2) is 4.85. The predicted octanol–water partition coefficient (Wildman–Crippen LogP) is -0.294. The molecule has 2 heterocycles. The van der Waals surface area contributed by atoms with E-state index in [1.165, 1.54) is 11.2 Å². The van der Waals surface area contributed by atoms with E-state index in [0.717, 1.165) is 0 Å². The first-order chi connectivity index (χ1) is 8.50. The fourth-order valence-electron chi connectivity index (χ4n) is 1.91. The van der Waals surface area contributed by atoms with E-state index in [1.807, 2.05) is 13.8 Å². The van der Waals surface area contributed by atoms with Gasteiger partial charge in [0.2, 0.25) is 11.8 Å². The van der Waals surface area contributed by atoms with E-state index in [9.17, 15) is 9.59 Å². The monoisotopic (exact) mass is 251 g/mol. The fraction of sp³-hybridized carbons (Fsp3) is 0.636. The lowest BCUT2D eigenvalue weighted by Crippen LogP contribution is -2.56. The number of nitrogens with one attached hydrogen (secondary N) is 1. The summed E-state index contributed by atoms with van der Waals surface area (Å²) in [6.07, 6.45) is 1.44. The van der Waals surface area contributed by atoms with Gasteiger partial charge in [0.05, 0.1) is 19.1 Å². The Morgan fingerprint density at radius 2 is 2.22 bits per heavy atom. The van der Waals surface area contributed by atoms with Gasteiger partial charge in [-0.2, -0.15) is 5.10 Å². The molecule has 1 aromatic heterocycles. The molecule has 0 bridgehead atoms. The summed E-state index contributed by atoms with van der Waals surface area (Å²) in [4.78, 5) is 29.0. The van der Waals surface area contributed by atoms with Gasteiger partial charge in [-0.3, -0.25) is 19.8 Å². The highest BCUT2D eigenvalue weighted by atomic mass is 16.2. The Bertz CT molecular complexity index is 468. The molecule has 98 valence electrons. The molecule has 0 aliphatic carbocycles. The topological polar surface area (TPSA) is 80.1 Å². The SMILES string of the molecule is CC1NCC(=O)N(Cc2ncnn2C(C)C)C1=O. The van der Waals surface area contributed by atoms with Gasteiger partial charge in [-0.25, -0.2) is 9.67 Å². The lowest BCUT2D eigenvalue weighted by Gasteiger charge is -2.29. The number of hydrogen-bond donors (Lipinski definition) is 1. The van der Waals surface area contributed by atoms with Crippen LogP contribution in [0.5, 0.6) is 0 Å². The third-order valence-electron chi connectivity index (χ3n) is 2.93. The van der Waals surface area contributed by atoms with Crippen LogP contribution in [0.3, 0.4) is 0 Å². The van der Waals surface area contributed by atoms with Crippen molar-refractivity contribution < 1.29 is 9.59 Å². The Labute approximate surface area is 105 Å². The number of aromatic nitrogens is 3. The zero-order valence-corrected chi connectivity index (χ0v) is 10.8. The molecule has 1 aliphatic rings. The molecule has 1 atom stereocenters. The number of carbonyl (C=O) groups is 2. The highest BCUT2D eigenvalue weighted by Gasteiger charge is 2.32. The summed E-state index contributed by atoms with van der Waals surface area (Å²) in [6, 6.07) is -0.189. The van der Waals surface area contributed by atoms with Crippen LogP contribution in [0, 0.1) is 0 Å². The first-order valence-corrected chi connectivity index (χ1v) is 5.96. The minimum atomic E-state index is -0.335. The molecule has 1 fully saturated rings. The molecule has 0 saturated carbocycles. The van der Waals surface area contributed by atoms with Crippen LogP contribution < -0.4 is 5.32 Å². The van der Waals surface area contributed by atoms with Gasteiger partial charge in [-0.15, -0.1) is 0 Å². The van der Waals surface area contributed by atoms with E-state index in [-0.39, 0.29) is 37.0 Å². The number of imide groups is 1. The number of piperazine rings is 1. The molecule has 0 spiro atoms. The molecular weight excluding hydrogens is 234 g/mol. The van der Waals surface area contributed by atoms with Gasteiger partial charge < -0.3 is 0 Å². The maximum Gasteiger partial charge on any atom is 0.246 e. The molecule has 1 unspecified atom stereocenters. The Hall–Kier alpha value is -1.76. The molecule has 0 radical (unpaired) electrons. The number of rotatable bonds is 3. The zero-order valence-electron chi connectivity index (χ0n) is 10.8. The van der Waals surface area contributed by atoms with Crippen LogP contribution >= 0.6 is 0 Å². The van der Waals surface area contributed by atoms with E-state index in [2.05, 4.69) is 15.4 Å². The summed E-state index contributed by atoms with van der Waals surface area (Å²) in [7, 11) is 0. The minimum absolute atomic E-state index is 0.146. The molecule has 1 aliphatic heterocycles. The summed E-state index contributed by atoms with van der Waals surface area (Å²) in [6.45, 7) is 6.06. The highest BCUT2D eigenvalue weighted by Crippen LogP contribution is 2.11. The Balaban J connectivity index is 2.19. The van der Waals surface area contributed by atoms with E-state index in [4.69, 9.17) is 0 Å². The summed E-state index contributed by atoms with van der Waals surface area (Å²) in [5.41, 5.74) is 0. The number of hydrogen-bond acceptors (Lipinski definition) is 5. The van der Waals surface area contributed by atoms with Crippen LogP contribution in [0.25, 0.3) is 0 Å². The van der Waals surface area contributed by atoms with Crippen molar-refractivity contribution in [1.82, 2.24) is 25.0 Å². The summed E-state index contributed by atoms with van der Waals surface area (Å²) >= 11 is 0. The first-order valence-electron chi connectivity index (χ1n) is 5.96. The zero-order chi connectivity index (χ0) is 13.3. The summed E-state index contributed by atoms with van der Waals surface area (Å²) < 4.78 is 1.72. The average molecular weight is 251 g/mol. The van der Waals surface area contributed by atoms with Crippen molar-refractivity contribution in [1.29, 1.82) is 0 Å². The van der Waals surface area contributed by atoms with Gasteiger partial charge in [0.15, 0.2) is 0 Å². The third-order valence-corrected chi connectivity index (χ3v) is 2.93. The van der Waals surface area contributed by atoms with Gasteiger partial charge in [0.1, 0.15) is 12.2 Å². The largest absolute Gasteiger partial charge is 0.298 e. The van der Waals surface area contributed by atoms with E-state index >= 15 is 0 Å². The van der Waals surface area contributed by atoms with Crippen molar-refractivity contribution in [2.24, 2.45) is 0 Å². The number of amides is 2. The van der Waals surface area contributed by atoms with Crippen molar-refractivity contribution >= 4 is 11.8 Å². The van der Waals surface area contributed by atoms with E-state index < -0.39 is 0 Å². The van der Waals surface area contributed by atoms with Crippen LogP contribution in [0.2, 0.25) is 0 Å². The van der Waals surface area contributed by atoms with Crippen molar-refractivity contribution in [2.75, 3.05) is 6.54 Å². The first kappa shape index (κ1) is 12.7. The molecule has 2 amide bonds. The van der Waals surface area contributed by atoms with Gasteiger partial charge in [0.25, 0.3) is 0 Å². The molecular formula is C11H17N5O2. The van der Waals surface area contributed by atoms with Crippen LogP contribution in [0.4, 0.5) is 0 Å². The van der Waals surface area contributed by atoms with Crippen molar-refractivity contribution in [3.8, 4) is 0 Å².